The van der Waals surface area contributed by atoms with Crippen LogP contribution in [0.15, 0.2) is 24.3 Å². The zero-order valence-corrected chi connectivity index (χ0v) is 8.15. The van der Waals surface area contributed by atoms with Crippen LogP contribution in [0.1, 0.15) is 5.69 Å². The molecule has 1 N–H and O–H groups in total. The van der Waals surface area contributed by atoms with Gasteiger partial charge in [-0.25, -0.2) is 8.78 Å². The first kappa shape index (κ1) is 11.6. The highest BCUT2D eigenvalue weighted by molar-refractivity contribution is 5.61. The summed E-state index contributed by atoms with van der Waals surface area (Å²) < 4.78 is 63.3. The summed E-state index contributed by atoms with van der Waals surface area (Å²) >= 11 is 0. The Bertz CT molecular complexity index is 524. The van der Waals surface area contributed by atoms with Crippen molar-refractivity contribution in [1.29, 1.82) is 0 Å². The van der Waals surface area contributed by atoms with Crippen LogP contribution in [0, 0.1) is 11.6 Å². The van der Waals surface area contributed by atoms with E-state index in [-0.39, 0.29) is 0 Å². The number of aromatic amines is 1. The van der Waals surface area contributed by atoms with Crippen LogP contribution < -0.4 is 0 Å². The number of nitrogens with one attached hydrogen (secondary N) is 1. The number of rotatable bonds is 1. The molecule has 2 aromatic rings. The number of benzene rings is 1. The third-order valence-electron chi connectivity index (χ3n) is 2.10. The van der Waals surface area contributed by atoms with Crippen LogP contribution in [0.4, 0.5) is 22.0 Å². The topological polar surface area (TPSA) is 28.7 Å². The number of nitrogens with zero attached hydrogens (tertiary/aromatic N) is 1. The lowest BCUT2D eigenvalue weighted by atomic mass is 10.1. The molecule has 7 heteroatoms. The van der Waals surface area contributed by atoms with E-state index >= 15 is 0 Å². The molecule has 1 aromatic carbocycles. The SMILES string of the molecule is Fc1cccc(F)c1-c1cc(C(F)(F)F)[nH]n1. The van der Waals surface area contributed by atoms with Crippen LogP contribution >= 0.6 is 0 Å². The van der Waals surface area contributed by atoms with Crippen molar-refractivity contribution in [2.24, 2.45) is 0 Å². The van der Waals surface area contributed by atoms with Crippen molar-refractivity contribution >= 4 is 0 Å². The van der Waals surface area contributed by atoms with Gasteiger partial charge < -0.3 is 0 Å². The van der Waals surface area contributed by atoms with Gasteiger partial charge in [0.05, 0.1) is 11.3 Å². The maximum Gasteiger partial charge on any atom is 0.432 e. The minimum Gasteiger partial charge on any atom is -0.273 e. The van der Waals surface area contributed by atoms with E-state index < -0.39 is 34.8 Å². The third-order valence-corrected chi connectivity index (χ3v) is 2.10. The molecular weight excluding hydrogens is 243 g/mol. The molecule has 0 unspecified atom stereocenters. The van der Waals surface area contributed by atoms with E-state index in [1.807, 2.05) is 0 Å². The summed E-state index contributed by atoms with van der Waals surface area (Å²) in [6, 6.07) is 3.56. The Hall–Kier alpha value is -1.92. The lowest BCUT2D eigenvalue weighted by molar-refractivity contribution is -0.141. The van der Waals surface area contributed by atoms with Gasteiger partial charge in [0, 0.05) is 0 Å². The van der Waals surface area contributed by atoms with E-state index in [4.69, 9.17) is 0 Å². The normalized spacial score (nSPS) is 11.8. The molecule has 1 aromatic heterocycles. The highest BCUT2D eigenvalue weighted by Gasteiger charge is 2.33. The van der Waals surface area contributed by atoms with Gasteiger partial charge in [-0.3, -0.25) is 5.10 Å². The van der Waals surface area contributed by atoms with Gasteiger partial charge in [-0.15, -0.1) is 0 Å². The predicted octanol–water partition coefficient (Wildman–Crippen LogP) is 3.37. The zero-order chi connectivity index (χ0) is 12.6. The van der Waals surface area contributed by atoms with Crippen LogP contribution in [0.3, 0.4) is 0 Å². The molecule has 1 heterocycles. The Labute approximate surface area is 92.1 Å². The van der Waals surface area contributed by atoms with Crippen LogP contribution in [0.5, 0.6) is 0 Å². The molecule has 17 heavy (non-hydrogen) atoms. The molecular formula is C10H5F5N2. The van der Waals surface area contributed by atoms with E-state index in [0.29, 0.717) is 6.07 Å². The van der Waals surface area contributed by atoms with Gasteiger partial charge in [0.15, 0.2) is 0 Å². The van der Waals surface area contributed by atoms with E-state index in [9.17, 15) is 22.0 Å². The van der Waals surface area contributed by atoms with Crippen LogP contribution in [-0.2, 0) is 6.18 Å². The van der Waals surface area contributed by atoms with Gasteiger partial charge in [0.2, 0.25) is 0 Å². The number of hydrogen-bond acceptors (Lipinski definition) is 1. The van der Waals surface area contributed by atoms with Crippen molar-refractivity contribution in [3.8, 4) is 11.3 Å². The average Bonchev–Trinajstić information content (AvgIpc) is 2.65. The van der Waals surface area contributed by atoms with Gasteiger partial charge in [0.25, 0.3) is 0 Å². The molecule has 0 fully saturated rings. The number of alkyl halides is 3. The van der Waals surface area contributed by atoms with E-state index in [1.54, 1.807) is 5.10 Å². The smallest absolute Gasteiger partial charge is 0.273 e. The standard InChI is InChI=1S/C10H5F5N2/c11-5-2-1-3-6(12)9(5)7-4-8(17-16-7)10(13,14)15/h1-4H,(H,16,17). The van der Waals surface area contributed by atoms with E-state index in [2.05, 4.69) is 5.10 Å². The summed E-state index contributed by atoms with van der Waals surface area (Å²) in [4.78, 5) is 0. The molecule has 90 valence electrons. The van der Waals surface area contributed by atoms with Gasteiger partial charge in [-0.05, 0) is 18.2 Å². The Kier molecular flexibility index (Phi) is 2.60. The summed E-state index contributed by atoms with van der Waals surface area (Å²) in [6.45, 7) is 0. The van der Waals surface area contributed by atoms with Crippen molar-refractivity contribution in [2.45, 2.75) is 6.18 Å². The first-order valence-corrected chi connectivity index (χ1v) is 4.46. The summed E-state index contributed by atoms with van der Waals surface area (Å²) in [7, 11) is 0. The van der Waals surface area contributed by atoms with E-state index in [1.165, 1.54) is 0 Å². The van der Waals surface area contributed by atoms with Crippen LogP contribution in [0.2, 0.25) is 0 Å². The fourth-order valence-corrected chi connectivity index (χ4v) is 1.34. The van der Waals surface area contributed by atoms with Gasteiger partial charge in [0.1, 0.15) is 17.3 Å². The third kappa shape index (κ3) is 2.13. The van der Waals surface area contributed by atoms with Crippen LogP contribution in [0.25, 0.3) is 11.3 Å². The summed E-state index contributed by atoms with van der Waals surface area (Å²) in [5, 5.41) is 4.94. The molecule has 0 amide bonds. The van der Waals surface area contributed by atoms with Gasteiger partial charge >= 0.3 is 6.18 Å². The molecule has 2 rings (SSSR count). The van der Waals surface area contributed by atoms with Crippen molar-refractivity contribution in [1.82, 2.24) is 10.2 Å². The Morgan fingerprint density at radius 1 is 1.06 bits per heavy atom. The number of hydrogen-bond donors (Lipinski definition) is 1. The molecule has 0 aliphatic heterocycles. The summed E-state index contributed by atoms with van der Waals surface area (Å²) in [5.41, 5.74) is -2.16. The van der Waals surface area contributed by atoms with Gasteiger partial charge in [-0.1, -0.05) is 6.07 Å². The van der Waals surface area contributed by atoms with Crippen molar-refractivity contribution in [2.75, 3.05) is 0 Å². The quantitative estimate of drug-likeness (QED) is 0.770. The molecule has 0 spiro atoms. The predicted molar refractivity (Wildman–Crippen MR) is 48.9 cm³/mol. The minimum atomic E-state index is -4.63. The highest BCUT2D eigenvalue weighted by atomic mass is 19.4. The summed E-state index contributed by atoms with van der Waals surface area (Å²) in [6.07, 6.45) is -4.63. The minimum absolute atomic E-state index is 0.423. The lowest BCUT2D eigenvalue weighted by Gasteiger charge is -2.01. The maximum absolute atomic E-state index is 13.3. The molecule has 2 nitrogen and oxygen atoms in total. The largest absolute Gasteiger partial charge is 0.432 e. The van der Waals surface area contributed by atoms with Crippen LogP contribution in [-0.4, -0.2) is 10.2 Å². The van der Waals surface area contributed by atoms with Crippen molar-refractivity contribution in [3.05, 3.63) is 41.6 Å². The Morgan fingerprint density at radius 2 is 1.65 bits per heavy atom. The van der Waals surface area contributed by atoms with Crippen molar-refractivity contribution in [3.63, 3.8) is 0 Å². The number of halogens is 5. The molecule has 0 aliphatic carbocycles. The second-order valence-corrected chi connectivity index (χ2v) is 3.26. The Morgan fingerprint density at radius 3 is 2.12 bits per heavy atom. The Balaban J connectivity index is 2.51. The molecule has 0 saturated heterocycles. The maximum atomic E-state index is 13.3. The molecule has 0 radical (unpaired) electrons. The summed E-state index contributed by atoms with van der Waals surface area (Å²) in [5.74, 6) is -1.93. The second kappa shape index (κ2) is 3.83. The molecule has 0 bridgehead atoms. The zero-order valence-electron chi connectivity index (χ0n) is 8.15. The first-order valence-electron chi connectivity index (χ1n) is 4.46. The molecule has 0 atom stereocenters. The van der Waals surface area contributed by atoms with Crippen molar-refractivity contribution < 1.29 is 22.0 Å². The fraction of sp³-hybridized carbons (Fsp3) is 0.100. The molecule has 0 aliphatic rings. The first-order chi connectivity index (χ1) is 7.89. The number of aromatic nitrogens is 2. The highest BCUT2D eigenvalue weighted by Crippen LogP contribution is 2.31. The lowest BCUT2D eigenvalue weighted by Crippen LogP contribution is -2.04. The number of H-pyrrole nitrogens is 1. The molecule has 0 saturated carbocycles. The average molecular weight is 248 g/mol. The van der Waals surface area contributed by atoms with E-state index in [0.717, 1.165) is 18.2 Å². The fourth-order valence-electron chi connectivity index (χ4n) is 1.34. The second-order valence-electron chi connectivity index (χ2n) is 3.26. The van der Waals surface area contributed by atoms with Gasteiger partial charge in [-0.2, -0.15) is 18.3 Å². The monoisotopic (exact) mass is 248 g/mol.